The van der Waals surface area contributed by atoms with Crippen molar-refractivity contribution in [2.24, 2.45) is 14.1 Å². The Morgan fingerprint density at radius 1 is 1.03 bits per heavy atom. The topological polar surface area (TPSA) is 58.2 Å². The van der Waals surface area contributed by atoms with Crippen molar-refractivity contribution in [2.45, 2.75) is 19.6 Å². The number of rotatable bonds is 2. The highest BCUT2D eigenvalue weighted by Crippen LogP contribution is 2.40. The lowest BCUT2D eigenvalue weighted by Crippen LogP contribution is -2.37. The van der Waals surface area contributed by atoms with E-state index in [1.54, 1.807) is 19.2 Å². The fourth-order valence-corrected chi connectivity index (χ4v) is 4.56. The maximum absolute atomic E-state index is 13.5. The van der Waals surface area contributed by atoms with Gasteiger partial charge in [-0.15, -0.1) is 0 Å². The Hall–Kier alpha value is -3.45. The van der Waals surface area contributed by atoms with Gasteiger partial charge in [-0.1, -0.05) is 35.9 Å². The van der Waals surface area contributed by atoms with E-state index >= 15 is 0 Å². The molecule has 0 fully saturated rings. The summed E-state index contributed by atoms with van der Waals surface area (Å²) in [6.07, 6.45) is -0.520. The average Bonchev–Trinajstić information content (AvgIpc) is 3.12. The molecular weight excluding hydrogens is 397 g/mol. The quantitative estimate of drug-likeness (QED) is 0.501. The van der Waals surface area contributed by atoms with Crippen molar-refractivity contribution in [3.63, 3.8) is 0 Å². The average molecular weight is 419 g/mol. The summed E-state index contributed by atoms with van der Waals surface area (Å²) in [5.41, 5.74) is 4.09. The maximum atomic E-state index is 13.5. The van der Waals surface area contributed by atoms with Gasteiger partial charge >= 0.3 is 5.69 Å². The van der Waals surface area contributed by atoms with Crippen LogP contribution in [0.1, 0.15) is 22.9 Å². The molecule has 0 aliphatic carbocycles. The zero-order valence-electron chi connectivity index (χ0n) is 17.6. The van der Waals surface area contributed by atoms with Crippen LogP contribution in [-0.2, 0) is 25.4 Å². The Labute approximate surface area is 177 Å². The van der Waals surface area contributed by atoms with Crippen molar-refractivity contribution in [1.82, 2.24) is 13.7 Å². The third kappa shape index (κ3) is 2.88. The van der Waals surface area contributed by atoms with Crippen LogP contribution in [-0.4, -0.2) is 20.3 Å². The predicted octanol–water partition coefficient (Wildman–Crippen LogP) is 3.27. The van der Waals surface area contributed by atoms with Gasteiger partial charge in [0.25, 0.3) is 5.56 Å². The van der Waals surface area contributed by atoms with Crippen molar-refractivity contribution >= 4 is 10.9 Å². The number of fused-ring (bicyclic) bond motifs is 3. The van der Waals surface area contributed by atoms with Gasteiger partial charge in [-0.2, -0.15) is 0 Å². The van der Waals surface area contributed by atoms with Gasteiger partial charge in [-0.3, -0.25) is 13.9 Å². The van der Waals surface area contributed by atoms with Gasteiger partial charge in [0.2, 0.25) is 0 Å². The van der Waals surface area contributed by atoms with Crippen LogP contribution in [0.25, 0.3) is 22.2 Å². The molecule has 1 atom stereocenters. The second kappa shape index (κ2) is 7.06. The van der Waals surface area contributed by atoms with Crippen molar-refractivity contribution < 1.29 is 9.13 Å². The van der Waals surface area contributed by atoms with E-state index in [-0.39, 0.29) is 11.4 Å². The van der Waals surface area contributed by atoms with Crippen LogP contribution >= 0.6 is 0 Å². The standard InChI is InChI=1S/C24H22FN3O3/c1-14-5-4-6-16(13-14)19-18-20(26(2)24(30)27(3)23(18)29)21-22(31-12-11-28(19)21)15-7-9-17(25)10-8-15/h4-10,13,22H,11-12H2,1-3H3/t22-/m1/s1. The van der Waals surface area contributed by atoms with Crippen molar-refractivity contribution in [3.05, 3.63) is 92.0 Å². The molecule has 2 aromatic carbocycles. The number of halogens is 1. The highest BCUT2D eigenvalue weighted by atomic mass is 19.1. The number of aryl methyl sites for hydroxylation is 2. The highest BCUT2D eigenvalue weighted by Gasteiger charge is 2.33. The molecule has 0 radical (unpaired) electrons. The molecule has 1 aliphatic rings. The fourth-order valence-electron chi connectivity index (χ4n) is 4.56. The summed E-state index contributed by atoms with van der Waals surface area (Å²) in [4.78, 5) is 26.1. The largest absolute Gasteiger partial charge is 0.365 e. The molecule has 3 heterocycles. The summed E-state index contributed by atoms with van der Waals surface area (Å²) in [5, 5.41) is 0.489. The Morgan fingerprint density at radius 2 is 1.77 bits per heavy atom. The van der Waals surface area contributed by atoms with Crippen molar-refractivity contribution in [3.8, 4) is 11.3 Å². The molecule has 31 heavy (non-hydrogen) atoms. The van der Waals surface area contributed by atoms with Crippen LogP contribution < -0.4 is 11.2 Å². The molecule has 1 aliphatic heterocycles. The molecule has 0 saturated heterocycles. The minimum absolute atomic E-state index is 0.332. The molecule has 0 N–H and O–H groups in total. The smallest absolute Gasteiger partial charge is 0.331 e. The van der Waals surface area contributed by atoms with E-state index in [0.29, 0.717) is 24.1 Å². The molecule has 4 aromatic rings. The molecule has 7 heteroatoms. The van der Waals surface area contributed by atoms with Gasteiger partial charge in [0.05, 0.1) is 28.9 Å². The van der Waals surface area contributed by atoms with Gasteiger partial charge in [0.1, 0.15) is 11.9 Å². The Bertz CT molecular complexity index is 1440. The fraction of sp³-hybridized carbons (Fsp3) is 0.250. The van der Waals surface area contributed by atoms with Crippen molar-refractivity contribution in [2.75, 3.05) is 6.61 Å². The van der Waals surface area contributed by atoms with E-state index in [1.165, 1.54) is 23.7 Å². The number of benzene rings is 2. The summed E-state index contributed by atoms with van der Waals surface area (Å²) < 4.78 is 24.4. The summed E-state index contributed by atoms with van der Waals surface area (Å²) in [6.45, 7) is 2.98. The van der Waals surface area contributed by atoms with Crippen LogP contribution in [0.4, 0.5) is 4.39 Å². The molecule has 5 rings (SSSR count). The molecule has 0 amide bonds. The van der Waals surface area contributed by atoms with Crippen LogP contribution in [0.3, 0.4) is 0 Å². The molecule has 0 spiro atoms. The van der Waals surface area contributed by atoms with E-state index < -0.39 is 11.8 Å². The lowest BCUT2D eigenvalue weighted by atomic mass is 10.0. The summed E-state index contributed by atoms with van der Waals surface area (Å²) in [6, 6.07) is 14.1. The van der Waals surface area contributed by atoms with Crippen LogP contribution in [0.2, 0.25) is 0 Å². The van der Waals surface area contributed by atoms with E-state index in [9.17, 15) is 14.0 Å². The van der Waals surface area contributed by atoms with Gasteiger partial charge < -0.3 is 9.30 Å². The number of hydrogen-bond donors (Lipinski definition) is 0. The summed E-state index contributed by atoms with van der Waals surface area (Å²) in [7, 11) is 3.16. The lowest BCUT2D eigenvalue weighted by Gasteiger charge is -2.27. The minimum Gasteiger partial charge on any atom is -0.365 e. The predicted molar refractivity (Wildman–Crippen MR) is 117 cm³/mol. The third-order valence-corrected chi connectivity index (χ3v) is 6.02. The zero-order chi connectivity index (χ0) is 21.9. The van der Waals surface area contributed by atoms with Crippen molar-refractivity contribution in [1.29, 1.82) is 0 Å². The second-order valence-electron chi connectivity index (χ2n) is 7.99. The molecule has 0 bridgehead atoms. The number of hydrogen-bond acceptors (Lipinski definition) is 3. The maximum Gasteiger partial charge on any atom is 0.331 e. The molecule has 0 unspecified atom stereocenters. The van der Waals surface area contributed by atoms with Gasteiger partial charge in [0.15, 0.2) is 0 Å². The van der Waals surface area contributed by atoms with Gasteiger partial charge in [0, 0.05) is 20.6 Å². The summed E-state index contributed by atoms with van der Waals surface area (Å²) >= 11 is 0. The molecule has 158 valence electrons. The van der Waals surface area contributed by atoms with Crippen LogP contribution in [0.5, 0.6) is 0 Å². The van der Waals surface area contributed by atoms with Gasteiger partial charge in [-0.25, -0.2) is 9.18 Å². The van der Waals surface area contributed by atoms with E-state index in [4.69, 9.17) is 4.74 Å². The SMILES string of the molecule is Cc1cccc(-c2c3c(=O)n(C)c(=O)n(C)c3c3n2CCO[C@@H]3c2ccc(F)cc2)c1. The number of aromatic nitrogens is 3. The van der Waals surface area contributed by atoms with Crippen LogP contribution in [0.15, 0.2) is 58.1 Å². The first kappa shape index (κ1) is 19.5. The monoisotopic (exact) mass is 419 g/mol. The third-order valence-electron chi connectivity index (χ3n) is 6.02. The van der Waals surface area contributed by atoms with E-state index in [0.717, 1.165) is 32.6 Å². The first-order valence-corrected chi connectivity index (χ1v) is 10.1. The lowest BCUT2D eigenvalue weighted by molar-refractivity contribution is 0.0478. The van der Waals surface area contributed by atoms with E-state index in [2.05, 4.69) is 4.57 Å². The summed E-state index contributed by atoms with van der Waals surface area (Å²) in [5.74, 6) is -0.332. The van der Waals surface area contributed by atoms with Crippen LogP contribution in [0, 0.1) is 12.7 Å². The normalized spacial score (nSPS) is 15.9. The Morgan fingerprint density at radius 3 is 2.48 bits per heavy atom. The number of ether oxygens (including phenoxy) is 1. The Kier molecular flexibility index (Phi) is 4.44. The minimum atomic E-state index is -0.520. The second-order valence-corrected chi connectivity index (χ2v) is 7.99. The molecule has 2 aromatic heterocycles. The molecular formula is C24H22FN3O3. The number of nitrogens with zero attached hydrogens (tertiary/aromatic N) is 3. The molecule has 6 nitrogen and oxygen atoms in total. The first-order chi connectivity index (χ1) is 14.9. The Balaban J connectivity index is 1.94. The highest BCUT2D eigenvalue weighted by molar-refractivity contribution is 5.96. The first-order valence-electron chi connectivity index (χ1n) is 10.1. The van der Waals surface area contributed by atoms with Gasteiger partial charge in [-0.05, 0) is 36.2 Å². The zero-order valence-corrected chi connectivity index (χ0v) is 17.6. The molecule has 0 saturated carbocycles. The van der Waals surface area contributed by atoms with E-state index in [1.807, 2.05) is 31.2 Å².